The van der Waals surface area contributed by atoms with Crippen molar-refractivity contribution in [2.24, 2.45) is 5.92 Å². The highest BCUT2D eigenvalue weighted by Gasteiger charge is 2.35. The van der Waals surface area contributed by atoms with E-state index < -0.39 is 17.6 Å². The molecule has 3 aromatic rings. The molecule has 0 unspecified atom stereocenters. The summed E-state index contributed by atoms with van der Waals surface area (Å²) < 4.78 is 52.9. The molecule has 0 spiro atoms. The van der Waals surface area contributed by atoms with E-state index in [-0.39, 0.29) is 41.5 Å². The topological polar surface area (TPSA) is 83.9 Å². The van der Waals surface area contributed by atoms with Crippen LogP contribution in [0.2, 0.25) is 0 Å². The van der Waals surface area contributed by atoms with Crippen molar-refractivity contribution in [3.63, 3.8) is 0 Å². The van der Waals surface area contributed by atoms with E-state index in [9.17, 15) is 22.4 Å². The molecule has 4 rings (SSSR count). The molecule has 11 heteroatoms. The summed E-state index contributed by atoms with van der Waals surface area (Å²) in [6.45, 7) is 4.23. The smallest absolute Gasteiger partial charge is 0.352 e. The van der Waals surface area contributed by atoms with Crippen LogP contribution in [0.1, 0.15) is 41.3 Å². The number of anilines is 1. The second-order valence-corrected chi connectivity index (χ2v) is 8.53. The highest BCUT2D eigenvalue weighted by molar-refractivity contribution is 6.01. The molecule has 1 saturated heterocycles. The maximum Gasteiger partial charge on any atom is 0.419 e. The summed E-state index contributed by atoms with van der Waals surface area (Å²) in [5.74, 6) is -0.428. The Kier molecular flexibility index (Phi) is 6.95. The lowest BCUT2D eigenvalue weighted by Gasteiger charge is -2.40. The summed E-state index contributed by atoms with van der Waals surface area (Å²) in [6.07, 6.45) is 1.63. The molecule has 1 amide bonds. The van der Waals surface area contributed by atoms with Crippen molar-refractivity contribution in [1.29, 1.82) is 0 Å². The van der Waals surface area contributed by atoms with Crippen LogP contribution in [0.4, 0.5) is 23.5 Å². The first-order chi connectivity index (χ1) is 16.7. The predicted octanol–water partition coefficient (Wildman–Crippen LogP) is 4.75. The number of alkyl halides is 3. The quantitative estimate of drug-likeness (QED) is 0.522. The molecular formula is C24H24F4N6O. The third-order valence-electron chi connectivity index (χ3n) is 6.24. The molecule has 2 aromatic heterocycles. The van der Waals surface area contributed by atoms with Crippen LogP contribution in [0.3, 0.4) is 0 Å². The molecule has 3 heterocycles. The molecular weight excluding hydrogens is 464 g/mol. The first-order valence-corrected chi connectivity index (χ1v) is 11.2. The average Bonchev–Trinajstić information content (AvgIpc) is 2.84. The van der Waals surface area contributed by atoms with E-state index in [4.69, 9.17) is 0 Å². The fourth-order valence-electron chi connectivity index (χ4n) is 4.30. The number of hydrogen-bond donors (Lipinski definition) is 1. The zero-order valence-corrected chi connectivity index (χ0v) is 19.2. The van der Waals surface area contributed by atoms with Crippen molar-refractivity contribution in [3.05, 3.63) is 65.5 Å². The van der Waals surface area contributed by atoms with Crippen molar-refractivity contribution in [1.82, 2.24) is 24.8 Å². The van der Waals surface area contributed by atoms with E-state index >= 15 is 0 Å². The Bertz CT molecular complexity index is 1190. The number of halogens is 4. The van der Waals surface area contributed by atoms with Crippen LogP contribution in [0.15, 0.2) is 43.0 Å². The predicted molar refractivity (Wildman–Crippen MR) is 121 cm³/mol. The number of piperidine rings is 1. The van der Waals surface area contributed by atoms with E-state index in [2.05, 4.69) is 25.3 Å². The summed E-state index contributed by atoms with van der Waals surface area (Å²) in [5.41, 5.74) is -0.106. The minimum absolute atomic E-state index is 0.0310. The molecule has 184 valence electrons. The van der Waals surface area contributed by atoms with Crippen molar-refractivity contribution in [2.45, 2.75) is 38.9 Å². The Balaban J connectivity index is 1.61. The highest BCUT2D eigenvalue weighted by atomic mass is 19.4. The minimum Gasteiger partial charge on any atom is -0.352 e. The van der Waals surface area contributed by atoms with Crippen LogP contribution in [0, 0.1) is 18.7 Å². The maximum atomic E-state index is 14.5. The van der Waals surface area contributed by atoms with E-state index in [1.165, 1.54) is 12.1 Å². The molecule has 1 N–H and O–H groups in total. The van der Waals surface area contributed by atoms with Crippen LogP contribution >= 0.6 is 0 Å². The lowest BCUT2D eigenvalue weighted by Crippen LogP contribution is -2.51. The number of carbonyl (C=O) groups is 1. The molecule has 1 fully saturated rings. The van der Waals surface area contributed by atoms with Gasteiger partial charge in [-0.1, -0.05) is 6.92 Å². The SMILES string of the molecule is Cc1c(F)ccc(-c2ncccn2)c1C(=O)N1CCC[C@@H](C)[C@H]1CNc1ncc(C(F)(F)F)cn1. The lowest BCUT2D eigenvalue weighted by atomic mass is 9.89. The second kappa shape index (κ2) is 9.93. The lowest BCUT2D eigenvalue weighted by molar-refractivity contribution is -0.138. The Morgan fingerprint density at radius 3 is 2.49 bits per heavy atom. The summed E-state index contributed by atoms with van der Waals surface area (Å²) in [6, 6.07) is 4.13. The molecule has 1 aliphatic rings. The number of hydrogen-bond acceptors (Lipinski definition) is 6. The van der Waals surface area contributed by atoms with Crippen molar-refractivity contribution in [3.8, 4) is 11.4 Å². The van der Waals surface area contributed by atoms with Crippen LogP contribution in [-0.4, -0.2) is 49.9 Å². The number of amides is 1. The fraction of sp³-hybridized carbons (Fsp3) is 0.375. The van der Waals surface area contributed by atoms with Gasteiger partial charge in [0, 0.05) is 43.4 Å². The molecule has 2 atom stereocenters. The van der Waals surface area contributed by atoms with Gasteiger partial charge >= 0.3 is 6.18 Å². The zero-order chi connectivity index (χ0) is 25.2. The molecule has 0 bridgehead atoms. The van der Waals surface area contributed by atoms with Gasteiger partial charge in [-0.2, -0.15) is 13.2 Å². The van der Waals surface area contributed by atoms with Gasteiger partial charge in [0.25, 0.3) is 5.91 Å². The van der Waals surface area contributed by atoms with Gasteiger partial charge in [0.1, 0.15) is 5.82 Å². The van der Waals surface area contributed by atoms with E-state index in [0.717, 1.165) is 12.8 Å². The van der Waals surface area contributed by atoms with Gasteiger partial charge in [-0.3, -0.25) is 4.79 Å². The van der Waals surface area contributed by atoms with Crippen molar-refractivity contribution >= 4 is 11.9 Å². The zero-order valence-electron chi connectivity index (χ0n) is 19.2. The fourth-order valence-corrected chi connectivity index (χ4v) is 4.30. The molecule has 1 aliphatic heterocycles. The van der Waals surface area contributed by atoms with Gasteiger partial charge in [-0.25, -0.2) is 24.3 Å². The monoisotopic (exact) mass is 488 g/mol. The number of aromatic nitrogens is 4. The number of nitrogens with one attached hydrogen (secondary N) is 1. The van der Waals surface area contributed by atoms with Crippen LogP contribution in [-0.2, 0) is 6.18 Å². The first kappa shape index (κ1) is 24.5. The number of carbonyl (C=O) groups excluding carboxylic acids is 1. The minimum atomic E-state index is -4.53. The van der Waals surface area contributed by atoms with Crippen molar-refractivity contribution in [2.75, 3.05) is 18.4 Å². The normalized spacial score (nSPS) is 18.4. The molecule has 0 aliphatic carbocycles. The van der Waals surface area contributed by atoms with Crippen LogP contribution in [0.25, 0.3) is 11.4 Å². The molecule has 1 aromatic carbocycles. The van der Waals surface area contributed by atoms with Gasteiger partial charge in [-0.15, -0.1) is 0 Å². The maximum absolute atomic E-state index is 14.5. The van der Waals surface area contributed by atoms with Gasteiger partial charge < -0.3 is 10.2 Å². The summed E-state index contributed by atoms with van der Waals surface area (Å²) >= 11 is 0. The standard InChI is InChI=1S/C24H24F4N6O/c1-14-5-3-10-34(19(14)13-33-23-31-11-16(12-32-23)24(26,27)28)22(35)20-15(2)18(25)7-6-17(20)21-29-8-4-9-30-21/h4,6-9,11-12,14,19H,3,5,10,13H2,1-2H3,(H,31,32,33)/t14-,19-/m1/s1. The largest absolute Gasteiger partial charge is 0.419 e. The number of nitrogens with zero attached hydrogens (tertiary/aromatic N) is 5. The number of likely N-dealkylation sites (tertiary alicyclic amines) is 1. The highest BCUT2D eigenvalue weighted by Crippen LogP contribution is 2.31. The van der Waals surface area contributed by atoms with Gasteiger partial charge in [0.05, 0.1) is 17.2 Å². The van der Waals surface area contributed by atoms with E-state index in [0.29, 0.717) is 30.3 Å². The molecule has 0 saturated carbocycles. The number of rotatable bonds is 5. The van der Waals surface area contributed by atoms with Gasteiger partial charge in [-0.05, 0) is 49.4 Å². The molecule has 7 nitrogen and oxygen atoms in total. The molecule has 0 radical (unpaired) electrons. The first-order valence-electron chi connectivity index (χ1n) is 11.2. The summed E-state index contributed by atoms with van der Waals surface area (Å²) in [5, 5.41) is 2.95. The second-order valence-electron chi connectivity index (χ2n) is 8.53. The van der Waals surface area contributed by atoms with Crippen LogP contribution in [0.5, 0.6) is 0 Å². The number of benzene rings is 1. The summed E-state index contributed by atoms with van der Waals surface area (Å²) in [4.78, 5) is 31.4. The Morgan fingerprint density at radius 1 is 1.14 bits per heavy atom. The van der Waals surface area contributed by atoms with Crippen LogP contribution < -0.4 is 5.32 Å². The Hall–Kier alpha value is -3.63. The Labute approximate surface area is 199 Å². The van der Waals surface area contributed by atoms with Gasteiger partial charge in [0.15, 0.2) is 5.82 Å². The average molecular weight is 488 g/mol. The summed E-state index contributed by atoms with van der Waals surface area (Å²) in [7, 11) is 0. The van der Waals surface area contributed by atoms with E-state index in [1.807, 2.05) is 6.92 Å². The van der Waals surface area contributed by atoms with Crippen molar-refractivity contribution < 1.29 is 22.4 Å². The Morgan fingerprint density at radius 2 is 1.83 bits per heavy atom. The van der Waals surface area contributed by atoms with E-state index in [1.54, 1.807) is 30.3 Å². The third kappa shape index (κ3) is 5.23. The molecule has 35 heavy (non-hydrogen) atoms. The van der Waals surface area contributed by atoms with Gasteiger partial charge in [0.2, 0.25) is 5.95 Å². The third-order valence-corrected chi connectivity index (χ3v) is 6.24.